The fraction of sp³-hybridized carbons (Fsp3) is 0.0714. The van der Waals surface area contributed by atoms with Gasteiger partial charge in [0.15, 0.2) is 5.78 Å². The molecule has 3 rings (SSSR count). The van der Waals surface area contributed by atoms with E-state index in [1.54, 1.807) is 22.9 Å². The average Bonchev–Trinajstić information content (AvgIpc) is 2.86. The van der Waals surface area contributed by atoms with Gasteiger partial charge in [-0.2, -0.15) is 0 Å². The molecule has 0 radical (unpaired) electrons. The third-order valence-electron chi connectivity index (χ3n) is 2.58. The Morgan fingerprint density at radius 3 is 2.38 bits per heavy atom. The van der Waals surface area contributed by atoms with Crippen molar-refractivity contribution in [3.05, 3.63) is 57.5 Å². The summed E-state index contributed by atoms with van der Waals surface area (Å²) < 4.78 is 3.65. The second-order valence-corrected chi connectivity index (χ2v) is 6.01. The van der Waals surface area contributed by atoms with E-state index < -0.39 is 0 Å². The third-order valence-corrected chi connectivity index (χ3v) is 3.52. The van der Waals surface area contributed by atoms with Gasteiger partial charge in [0.05, 0.1) is 6.20 Å². The Hall–Kier alpha value is -1.73. The highest BCUT2D eigenvalue weighted by atomic mass is 79.9. The molecule has 3 aromatic heterocycles. The number of pyridine rings is 2. The van der Waals surface area contributed by atoms with Crippen LogP contribution in [0.15, 0.2) is 51.8 Å². The molecule has 0 fully saturated rings. The van der Waals surface area contributed by atoms with E-state index in [4.69, 9.17) is 5.73 Å². The molecule has 0 saturated heterocycles. The number of aromatic nitrogens is 3. The summed E-state index contributed by atoms with van der Waals surface area (Å²) in [5.74, 6) is 0.568. The van der Waals surface area contributed by atoms with Crippen molar-refractivity contribution in [2.24, 2.45) is 0 Å². The van der Waals surface area contributed by atoms with Crippen molar-refractivity contribution in [1.29, 1.82) is 0 Å². The average molecular weight is 412 g/mol. The maximum absolute atomic E-state index is 11.2. The van der Waals surface area contributed by atoms with Crippen LogP contribution in [0.5, 0.6) is 0 Å². The van der Waals surface area contributed by atoms with Crippen LogP contribution < -0.4 is 5.73 Å². The molecule has 0 aliphatic carbocycles. The Morgan fingerprint density at radius 1 is 1.10 bits per heavy atom. The summed E-state index contributed by atoms with van der Waals surface area (Å²) in [7, 11) is 0. The molecular formula is C14H12Br2N4O. The van der Waals surface area contributed by atoms with Gasteiger partial charge in [-0.15, -0.1) is 0 Å². The largest absolute Gasteiger partial charge is 0.384 e. The van der Waals surface area contributed by atoms with Gasteiger partial charge in [-0.25, -0.2) is 9.97 Å². The number of nitrogens with two attached hydrogens (primary N) is 1. The van der Waals surface area contributed by atoms with Crippen LogP contribution in [0.2, 0.25) is 0 Å². The van der Waals surface area contributed by atoms with Gasteiger partial charge in [0.2, 0.25) is 0 Å². The van der Waals surface area contributed by atoms with Crippen LogP contribution in [0.25, 0.3) is 5.65 Å². The minimum absolute atomic E-state index is 0.0191. The summed E-state index contributed by atoms with van der Waals surface area (Å²) in [6, 6.07) is 7.34. The fourth-order valence-corrected chi connectivity index (χ4v) is 2.17. The smallest absolute Gasteiger partial charge is 0.178 e. The highest BCUT2D eigenvalue weighted by molar-refractivity contribution is 9.10. The van der Waals surface area contributed by atoms with E-state index in [-0.39, 0.29) is 5.78 Å². The number of fused-ring (bicyclic) bond motifs is 1. The van der Waals surface area contributed by atoms with Crippen LogP contribution in [0.1, 0.15) is 17.4 Å². The van der Waals surface area contributed by atoms with Crippen LogP contribution in [0.3, 0.4) is 0 Å². The van der Waals surface area contributed by atoms with Crippen LogP contribution >= 0.6 is 31.9 Å². The number of halogens is 2. The van der Waals surface area contributed by atoms with E-state index in [1.165, 1.54) is 6.92 Å². The lowest BCUT2D eigenvalue weighted by atomic mass is 10.3. The lowest BCUT2D eigenvalue weighted by Crippen LogP contribution is -1.97. The van der Waals surface area contributed by atoms with Crippen molar-refractivity contribution in [2.45, 2.75) is 6.92 Å². The van der Waals surface area contributed by atoms with Gasteiger partial charge in [0.1, 0.15) is 17.2 Å². The maximum Gasteiger partial charge on any atom is 0.178 e. The molecule has 0 aliphatic rings. The molecule has 0 saturated carbocycles. The second-order valence-electron chi connectivity index (χ2n) is 4.18. The molecular weight excluding hydrogens is 400 g/mol. The predicted octanol–water partition coefficient (Wildman–Crippen LogP) is 3.73. The first-order valence-corrected chi connectivity index (χ1v) is 7.56. The molecule has 7 heteroatoms. The van der Waals surface area contributed by atoms with Crippen molar-refractivity contribution in [1.82, 2.24) is 14.4 Å². The summed E-state index contributed by atoms with van der Waals surface area (Å²) in [4.78, 5) is 19.1. The van der Waals surface area contributed by atoms with Gasteiger partial charge in [0.25, 0.3) is 0 Å². The third kappa shape index (κ3) is 4.12. The molecule has 0 unspecified atom stereocenters. The summed E-state index contributed by atoms with van der Waals surface area (Å²) in [6.07, 6.45) is 5.08. The Balaban J connectivity index is 0.000000173. The maximum atomic E-state index is 11.2. The van der Waals surface area contributed by atoms with E-state index in [0.717, 1.165) is 14.6 Å². The van der Waals surface area contributed by atoms with Gasteiger partial charge < -0.3 is 5.73 Å². The zero-order valence-electron chi connectivity index (χ0n) is 11.1. The zero-order chi connectivity index (χ0) is 15.4. The van der Waals surface area contributed by atoms with E-state index in [1.807, 2.05) is 24.4 Å². The lowest BCUT2D eigenvalue weighted by molar-refractivity contribution is 0.101. The normalized spacial score (nSPS) is 10.0. The molecule has 0 atom stereocenters. The number of hydrogen-bond donors (Lipinski definition) is 1. The molecule has 108 valence electrons. The standard InChI is InChI=1S/C9H7BrN2O.C5H5BrN2/c1-6(13)8-4-11-9-3-2-7(10)5-12(8)9;6-4-1-2-5(7)8-3-4/h2-5H,1H3;1-3H,(H2,7,8). The molecule has 3 heterocycles. The highest BCUT2D eigenvalue weighted by Crippen LogP contribution is 2.13. The number of nitrogens with zero attached hydrogens (tertiary/aromatic N) is 3. The molecule has 0 amide bonds. The molecule has 0 bridgehead atoms. The number of imidazole rings is 1. The SMILES string of the molecule is CC(=O)c1cnc2ccc(Br)cn12.Nc1ccc(Br)cn1. The van der Waals surface area contributed by atoms with E-state index in [2.05, 4.69) is 41.8 Å². The number of carbonyl (C=O) groups is 1. The van der Waals surface area contributed by atoms with Gasteiger partial charge in [-0.3, -0.25) is 9.20 Å². The van der Waals surface area contributed by atoms with Crippen molar-refractivity contribution in [3.8, 4) is 0 Å². The minimum atomic E-state index is 0.0191. The molecule has 0 aliphatic heterocycles. The van der Waals surface area contributed by atoms with Gasteiger partial charge >= 0.3 is 0 Å². The highest BCUT2D eigenvalue weighted by Gasteiger charge is 2.06. The molecule has 21 heavy (non-hydrogen) atoms. The van der Waals surface area contributed by atoms with Crippen LogP contribution in [0, 0.1) is 0 Å². The Labute approximate surface area is 138 Å². The molecule has 2 N–H and O–H groups in total. The quantitative estimate of drug-likeness (QED) is 0.619. The first-order chi connectivity index (χ1) is 9.97. The van der Waals surface area contributed by atoms with Gasteiger partial charge in [-0.05, 0) is 56.1 Å². The monoisotopic (exact) mass is 410 g/mol. The van der Waals surface area contributed by atoms with Gasteiger partial charge in [-0.1, -0.05) is 0 Å². The second kappa shape index (κ2) is 6.82. The van der Waals surface area contributed by atoms with Crippen LogP contribution in [-0.4, -0.2) is 20.2 Å². The van der Waals surface area contributed by atoms with E-state index >= 15 is 0 Å². The number of hydrogen-bond acceptors (Lipinski definition) is 4. The van der Waals surface area contributed by atoms with E-state index in [0.29, 0.717) is 11.5 Å². The van der Waals surface area contributed by atoms with Crippen molar-refractivity contribution in [3.63, 3.8) is 0 Å². The van der Waals surface area contributed by atoms with Crippen molar-refractivity contribution >= 4 is 49.1 Å². The molecule has 0 aromatic carbocycles. The number of anilines is 1. The Morgan fingerprint density at radius 2 is 1.81 bits per heavy atom. The predicted molar refractivity (Wildman–Crippen MR) is 89.2 cm³/mol. The number of nitrogen functional groups attached to an aromatic ring is 1. The molecule has 3 aromatic rings. The van der Waals surface area contributed by atoms with Crippen molar-refractivity contribution in [2.75, 3.05) is 5.73 Å². The molecule has 5 nitrogen and oxygen atoms in total. The topological polar surface area (TPSA) is 73.3 Å². The Kier molecular flexibility index (Phi) is 5.08. The Bertz CT molecular complexity index is 747. The first-order valence-electron chi connectivity index (χ1n) is 5.98. The minimum Gasteiger partial charge on any atom is -0.384 e. The number of rotatable bonds is 1. The summed E-state index contributed by atoms with van der Waals surface area (Å²) in [5, 5.41) is 0. The number of carbonyl (C=O) groups excluding carboxylic acids is 1. The summed E-state index contributed by atoms with van der Waals surface area (Å²) in [5.41, 5.74) is 6.69. The molecule has 0 spiro atoms. The number of Topliss-reactive ketones (excluding diaryl/α,β-unsaturated/α-hetero) is 1. The zero-order valence-corrected chi connectivity index (χ0v) is 14.3. The fourth-order valence-electron chi connectivity index (χ4n) is 1.60. The van der Waals surface area contributed by atoms with E-state index in [9.17, 15) is 4.79 Å². The number of ketones is 1. The summed E-state index contributed by atoms with van der Waals surface area (Å²) >= 11 is 6.57. The van der Waals surface area contributed by atoms with Crippen molar-refractivity contribution < 1.29 is 4.79 Å². The van der Waals surface area contributed by atoms with Crippen LogP contribution in [-0.2, 0) is 0 Å². The summed E-state index contributed by atoms with van der Waals surface area (Å²) in [6.45, 7) is 1.53. The first kappa shape index (κ1) is 15.7. The van der Waals surface area contributed by atoms with Gasteiger partial charge in [0, 0.05) is 28.3 Å². The van der Waals surface area contributed by atoms with Crippen LogP contribution in [0.4, 0.5) is 5.82 Å². The lowest BCUT2D eigenvalue weighted by Gasteiger charge is -1.97.